The highest BCUT2D eigenvalue weighted by Crippen LogP contribution is 2.44. The van der Waals surface area contributed by atoms with Crippen LogP contribution < -0.4 is 0 Å². The van der Waals surface area contributed by atoms with Gasteiger partial charge >= 0.3 is 0 Å². The van der Waals surface area contributed by atoms with E-state index in [4.69, 9.17) is 0 Å². The minimum Gasteiger partial charge on any atom is -0.507 e. The molecule has 0 spiro atoms. The van der Waals surface area contributed by atoms with Crippen molar-refractivity contribution in [3.63, 3.8) is 0 Å². The summed E-state index contributed by atoms with van der Waals surface area (Å²) in [6, 6.07) is 8.29. The lowest BCUT2D eigenvalue weighted by atomic mass is 9.77. The van der Waals surface area contributed by atoms with E-state index in [0.717, 1.165) is 60.8 Å². The zero-order valence-electron chi connectivity index (χ0n) is 20.7. The van der Waals surface area contributed by atoms with Gasteiger partial charge in [-0.2, -0.15) is 0 Å². The number of aliphatic hydroxyl groups excluding tert-OH is 2. The Morgan fingerprint density at radius 2 is 1.09 bits per heavy atom. The van der Waals surface area contributed by atoms with Gasteiger partial charge in [-0.1, -0.05) is 64.0 Å². The van der Waals surface area contributed by atoms with Crippen molar-refractivity contribution in [2.24, 2.45) is 0 Å². The number of aliphatic hydroxyl groups is 2. The summed E-state index contributed by atoms with van der Waals surface area (Å²) in [5.41, 5.74) is 5.41. The van der Waals surface area contributed by atoms with E-state index < -0.39 is 0 Å². The molecule has 0 aliphatic heterocycles. The third-order valence-corrected chi connectivity index (χ3v) is 8.29. The maximum absolute atomic E-state index is 11.0. The minimum atomic E-state index is -0.178. The van der Waals surface area contributed by atoms with Crippen molar-refractivity contribution in [1.82, 2.24) is 0 Å². The molecule has 2 fully saturated rings. The van der Waals surface area contributed by atoms with Gasteiger partial charge in [0.15, 0.2) is 0 Å². The molecule has 0 saturated heterocycles. The number of hydrogen-bond donors (Lipinski definition) is 4. The summed E-state index contributed by atoms with van der Waals surface area (Å²) in [5.74, 6) is 1.29. The number of hydrogen-bond acceptors (Lipinski definition) is 4. The SMILES string of the molecule is CCCC(c1cc(CO)c(O)c(C2CCCCC2)c1)c1cc(CO)c(O)c(C2CCCCC2)c1. The minimum absolute atomic E-state index is 0.0893. The van der Waals surface area contributed by atoms with E-state index >= 15 is 0 Å². The molecule has 4 N–H and O–H groups in total. The monoisotopic (exact) mass is 466 g/mol. The highest BCUT2D eigenvalue weighted by molar-refractivity contribution is 5.52. The quantitative estimate of drug-likeness (QED) is 0.334. The molecule has 0 unspecified atom stereocenters. The number of benzene rings is 2. The van der Waals surface area contributed by atoms with Gasteiger partial charge in [-0.05, 0) is 78.3 Å². The van der Waals surface area contributed by atoms with Crippen LogP contribution in [0.3, 0.4) is 0 Å². The van der Waals surface area contributed by atoms with Crippen molar-refractivity contribution >= 4 is 0 Å². The predicted octanol–water partition coefficient (Wildman–Crippen LogP) is 7.11. The molecular weight excluding hydrogens is 424 g/mol. The Hall–Kier alpha value is -2.04. The van der Waals surface area contributed by atoms with Crippen LogP contribution in [0.1, 0.15) is 135 Å². The highest BCUT2D eigenvalue weighted by atomic mass is 16.3. The van der Waals surface area contributed by atoms with Crippen LogP contribution in [0.15, 0.2) is 24.3 Å². The van der Waals surface area contributed by atoms with Crippen molar-refractivity contribution in [1.29, 1.82) is 0 Å². The van der Waals surface area contributed by atoms with Gasteiger partial charge in [0.25, 0.3) is 0 Å². The standard InChI is InChI=1S/C30H42O4/c1-2-9-26(22-14-24(18-31)29(33)27(16-22)20-10-5-3-6-11-20)23-15-25(19-32)30(34)28(17-23)21-12-7-4-8-13-21/h14-17,20-21,26,31-34H,2-13,18-19H2,1H3. The van der Waals surface area contributed by atoms with Crippen LogP contribution >= 0.6 is 0 Å². The first-order valence-corrected chi connectivity index (χ1v) is 13.5. The molecule has 2 aromatic rings. The van der Waals surface area contributed by atoms with Crippen LogP contribution in [0.5, 0.6) is 11.5 Å². The number of rotatable bonds is 8. The molecule has 0 amide bonds. The molecule has 186 valence electrons. The van der Waals surface area contributed by atoms with E-state index in [9.17, 15) is 20.4 Å². The van der Waals surface area contributed by atoms with Gasteiger partial charge in [0.1, 0.15) is 11.5 Å². The lowest BCUT2D eigenvalue weighted by Gasteiger charge is -2.28. The molecule has 2 aromatic carbocycles. The predicted molar refractivity (Wildman–Crippen MR) is 136 cm³/mol. The molecule has 4 nitrogen and oxygen atoms in total. The van der Waals surface area contributed by atoms with Crippen LogP contribution in [0.25, 0.3) is 0 Å². The Morgan fingerprint density at radius 1 is 0.676 bits per heavy atom. The van der Waals surface area contributed by atoms with Crippen molar-refractivity contribution in [3.05, 3.63) is 57.6 Å². The average molecular weight is 467 g/mol. The second kappa shape index (κ2) is 11.6. The first-order chi connectivity index (χ1) is 16.6. The van der Waals surface area contributed by atoms with Crippen LogP contribution in [-0.2, 0) is 13.2 Å². The van der Waals surface area contributed by atoms with Crippen LogP contribution in [-0.4, -0.2) is 20.4 Å². The topological polar surface area (TPSA) is 80.9 Å². The molecule has 2 aliphatic carbocycles. The number of aromatic hydroxyl groups is 2. The second-order valence-electron chi connectivity index (χ2n) is 10.6. The molecule has 0 aromatic heterocycles. The molecule has 0 bridgehead atoms. The van der Waals surface area contributed by atoms with Gasteiger partial charge < -0.3 is 20.4 Å². The number of phenols is 2. The van der Waals surface area contributed by atoms with Gasteiger partial charge in [0.2, 0.25) is 0 Å². The van der Waals surface area contributed by atoms with Gasteiger partial charge in [0, 0.05) is 17.0 Å². The van der Waals surface area contributed by atoms with Crippen molar-refractivity contribution in [2.45, 2.75) is 115 Å². The summed E-state index contributed by atoms with van der Waals surface area (Å²) in [5, 5.41) is 42.0. The van der Waals surface area contributed by atoms with Crippen molar-refractivity contribution < 1.29 is 20.4 Å². The Kier molecular flexibility index (Phi) is 8.55. The molecule has 0 atom stereocenters. The van der Waals surface area contributed by atoms with E-state index in [1.54, 1.807) is 0 Å². The Morgan fingerprint density at radius 3 is 1.44 bits per heavy atom. The first kappa shape index (κ1) is 25.1. The summed E-state index contributed by atoms with van der Waals surface area (Å²) in [4.78, 5) is 0. The summed E-state index contributed by atoms with van der Waals surface area (Å²) in [6.07, 6.45) is 13.5. The molecule has 0 radical (unpaired) electrons. The van der Waals surface area contributed by atoms with Crippen LogP contribution in [0.2, 0.25) is 0 Å². The Bertz CT molecular complexity index is 879. The van der Waals surface area contributed by atoms with Gasteiger partial charge in [-0.25, -0.2) is 0 Å². The molecule has 34 heavy (non-hydrogen) atoms. The molecule has 2 saturated carbocycles. The normalized spacial score (nSPS) is 18.0. The fraction of sp³-hybridized carbons (Fsp3) is 0.600. The summed E-state index contributed by atoms with van der Waals surface area (Å²) < 4.78 is 0. The molecule has 2 aliphatic rings. The van der Waals surface area contributed by atoms with Gasteiger partial charge in [0.05, 0.1) is 13.2 Å². The molecule has 0 heterocycles. The van der Waals surface area contributed by atoms with E-state index in [0.29, 0.717) is 23.0 Å². The smallest absolute Gasteiger partial charge is 0.124 e. The van der Waals surface area contributed by atoms with E-state index in [1.807, 2.05) is 12.1 Å². The zero-order chi connectivity index (χ0) is 24.1. The first-order valence-electron chi connectivity index (χ1n) is 13.5. The molecular formula is C30H42O4. The lowest BCUT2D eigenvalue weighted by molar-refractivity contribution is 0.274. The molecule has 4 rings (SSSR count). The summed E-state index contributed by atoms with van der Waals surface area (Å²) >= 11 is 0. The largest absolute Gasteiger partial charge is 0.507 e. The van der Waals surface area contributed by atoms with E-state index in [1.165, 1.54) is 38.5 Å². The third kappa shape index (κ3) is 5.28. The Balaban J connectivity index is 1.80. The van der Waals surface area contributed by atoms with Gasteiger partial charge in [-0.3, -0.25) is 0 Å². The average Bonchev–Trinajstić information content (AvgIpc) is 2.89. The van der Waals surface area contributed by atoms with Gasteiger partial charge in [-0.15, -0.1) is 0 Å². The zero-order valence-corrected chi connectivity index (χ0v) is 20.7. The fourth-order valence-electron chi connectivity index (χ4n) is 6.40. The van der Waals surface area contributed by atoms with E-state index in [2.05, 4.69) is 19.1 Å². The highest BCUT2D eigenvalue weighted by Gasteiger charge is 2.26. The maximum atomic E-state index is 11.0. The van der Waals surface area contributed by atoms with E-state index in [-0.39, 0.29) is 30.6 Å². The van der Waals surface area contributed by atoms with Crippen molar-refractivity contribution in [3.8, 4) is 11.5 Å². The summed E-state index contributed by atoms with van der Waals surface area (Å²) in [7, 11) is 0. The lowest BCUT2D eigenvalue weighted by Crippen LogP contribution is -2.11. The van der Waals surface area contributed by atoms with Crippen LogP contribution in [0, 0.1) is 0 Å². The maximum Gasteiger partial charge on any atom is 0.124 e. The Labute approximate surface area is 204 Å². The van der Waals surface area contributed by atoms with Crippen molar-refractivity contribution in [2.75, 3.05) is 0 Å². The second-order valence-corrected chi connectivity index (χ2v) is 10.6. The molecule has 4 heteroatoms. The summed E-state index contributed by atoms with van der Waals surface area (Å²) in [6.45, 7) is 1.82. The third-order valence-electron chi connectivity index (χ3n) is 8.29. The fourth-order valence-corrected chi connectivity index (χ4v) is 6.40. The van der Waals surface area contributed by atoms with Crippen LogP contribution in [0.4, 0.5) is 0 Å².